The van der Waals surface area contributed by atoms with E-state index >= 15 is 0 Å². The van der Waals surface area contributed by atoms with Crippen molar-refractivity contribution in [1.29, 1.82) is 0 Å². The van der Waals surface area contributed by atoms with Crippen LogP contribution in [0.4, 0.5) is 5.69 Å². The summed E-state index contributed by atoms with van der Waals surface area (Å²) >= 11 is 0. The first-order valence-electron chi connectivity index (χ1n) is 4.37. The number of benzene rings is 1. The summed E-state index contributed by atoms with van der Waals surface area (Å²) in [6.45, 7) is 3.79. The highest BCUT2D eigenvalue weighted by Crippen LogP contribution is 2.24. The van der Waals surface area contributed by atoms with Crippen LogP contribution < -0.4 is 5.32 Å². The summed E-state index contributed by atoms with van der Waals surface area (Å²) in [5, 5.41) is 3.43. The molecular weight excluding hydrogens is 146 g/mol. The van der Waals surface area contributed by atoms with Gasteiger partial charge in [-0.1, -0.05) is 24.3 Å². The largest absolute Gasteiger partial charge is 0.379 e. The first-order chi connectivity index (χ1) is 5.90. The third-order valence-corrected chi connectivity index (χ3v) is 2.37. The zero-order chi connectivity index (χ0) is 8.39. The van der Waals surface area contributed by atoms with Gasteiger partial charge in [0.25, 0.3) is 0 Å². The highest BCUT2D eigenvalue weighted by Gasteiger charge is 2.13. The van der Waals surface area contributed by atoms with Crippen molar-refractivity contribution in [3.05, 3.63) is 42.5 Å². The summed E-state index contributed by atoms with van der Waals surface area (Å²) in [6, 6.07) is 8.93. The Morgan fingerprint density at radius 1 is 1.42 bits per heavy atom. The molecule has 12 heavy (non-hydrogen) atoms. The van der Waals surface area contributed by atoms with Gasteiger partial charge >= 0.3 is 0 Å². The molecule has 2 rings (SSSR count). The number of rotatable bonds is 1. The molecule has 1 aliphatic heterocycles. The molecule has 0 radical (unpaired) electrons. The Kier molecular flexibility index (Phi) is 1.86. The highest BCUT2D eigenvalue weighted by atomic mass is 14.9. The molecule has 0 bridgehead atoms. The summed E-state index contributed by atoms with van der Waals surface area (Å²) in [5.74, 6) is 0. The standard InChI is InChI=1S/C11H13N/c1-2-10-8-7-9-5-3-4-6-11(9)12-10/h2-6,10,12H,1,7-8H2. The van der Waals surface area contributed by atoms with Crippen molar-refractivity contribution < 1.29 is 0 Å². The lowest BCUT2D eigenvalue weighted by Gasteiger charge is -2.24. The summed E-state index contributed by atoms with van der Waals surface area (Å²) in [7, 11) is 0. The fraction of sp³-hybridized carbons (Fsp3) is 0.273. The molecule has 0 saturated heterocycles. The third-order valence-electron chi connectivity index (χ3n) is 2.37. The van der Waals surface area contributed by atoms with E-state index in [0.717, 1.165) is 0 Å². The van der Waals surface area contributed by atoms with E-state index in [9.17, 15) is 0 Å². The minimum atomic E-state index is 0.458. The van der Waals surface area contributed by atoms with Crippen molar-refractivity contribution in [2.45, 2.75) is 18.9 Å². The van der Waals surface area contributed by atoms with Gasteiger partial charge in [-0.3, -0.25) is 0 Å². The maximum atomic E-state index is 3.79. The van der Waals surface area contributed by atoms with Crippen molar-refractivity contribution in [2.24, 2.45) is 0 Å². The molecule has 0 spiro atoms. The lowest BCUT2D eigenvalue weighted by atomic mass is 9.98. The number of hydrogen-bond donors (Lipinski definition) is 1. The smallest absolute Gasteiger partial charge is 0.0445 e. The number of para-hydroxylation sites is 1. The lowest BCUT2D eigenvalue weighted by Crippen LogP contribution is -2.22. The zero-order valence-electron chi connectivity index (χ0n) is 7.09. The fourth-order valence-corrected chi connectivity index (χ4v) is 1.64. The molecule has 1 aromatic rings. The van der Waals surface area contributed by atoms with Crippen LogP contribution in [0.2, 0.25) is 0 Å². The zero-order valence-corrected chi connectivity index (χ0v) is 7.09. The molecule has 1 atom stereocenters. The molecular formula is C11H13N. The van der Waals surface area contributed by atoms with E-state index in [4.69, 9.17) is 0 Å². The number of anilines is 1. The lowest BCUT2D eigenvalue weighted by molar-refractivity contribution is 0.732. The normalized spacial score (nSPS) is 20.8. The van der Waals surface area contributed by atoms with E-state index in [1.807, 2.05) is 6.08 Å². The Bertz CT molecular complexity index is 291. The molecule has 1 aromatic carbocycles. The van der Waals surface area contributed by atoms with Crippen LogP contribution in [-0.2, 0) is 6.42 Å². The Morgan fingerprint density at radius 3 is 3.08 bits per heavy atom. The van der Waals surface area contributed by atoms with Gasteiger partial charge in [0.2, 0.25) is 0 Å². The molecule has 0 saturated carbocycles. The van der Waals surface area contributed by atoms with E-state index in [1.54, 1.807) is 0 Å². The van der Waals surface area contributed by atoms with Crippen molar-refractivity contribution >= 4 is 5.69 Å². The van der Waals surface area contributed by atoms with E-state index in [2.05, 4.69) is 36.2 Å². The Hall–Kier alpha value is -1.24. The molecule has 0 aromatic heterocycles. The van der Waals surface area contributed by atoms with Crippen molar-refractivity contribution in [3.63, 3.8) is 0 Å². The van der Waals surface area contributed by atoms with Gasteiger partial charge in [0.1, 0.15) is 0 Å². The van der Waals surface area contributed by atoms with Crippen LogP contribution in [-0.4, -0.2) is 6.04 Å². The molecule has 0 fully saturated rings. The fourth-order valence-electron chi connectivity index (χ4n) is 1.64. The second-order valence-corrected chi connectivity index (χ2v) is 3.18. The van der Waals surface area contributed by atoms with E-state index in [-0.39, 0.29) is 0 Å². The van der Waals surface area contributed by atoms with Crippen molar-refractivity contribution in [2.75, 3.05) is 5.32 Å². The summed E-state index contributed by atoms with van der Waals surface area (Å²) in [5.41, 5.74) is 2.70. The Morgan fingerprint density at radius 2 is 2.25 bits per heavy atom. The number of fused-ring (bicyclic) bond motifs is 1. The van der Waals surface area contributed by atoms with E-state index in [1.165, 1.54) is 24.1 Å². The molecule has 1 aliphatic rings. The average Bonchev–Trinajstić information content (AvgIpc) is 2.17. The average molecular weight is 159 g/mol. The van der Waals surface area contributed by atoms with Gasteiger partial charge in [0.15, 0.2) is 0 Å². The highest BCUT2D eigenvalue weighted by molar-refractivity contribution is 5.54. The van der Waals surface area contributed by atoms with Crippen LogP contribution in [0.3, 0.4) is 0 Å². The van der Waals surface area contributed by atoms with Gasteiger partial charge in [0, 0.05) is 11.7 Å². The summed E-state index contributed by atoms with van der Waals surface area (Å²) in [4.78, 5) is 0. The number of nitrogens with one attached hydrogen (secondary N) is 1. The molecule has 1 N–H and O–H groups in total. The van der Waals surface area contributed by atoms with Crippen LogP contribution in [0, 0.1) is 0 Å². The quantitative estimate of drug-likeness (QED) is 0.621. The second-order valence-electron chi connectivity index (χ2n) is 3.18. The third kappa shape index (κ3) is 1.22. The first kappa shape index (κ1) is 7.41. The van der Waals surface area contributed by atoms with Crippen LogP contribution in [0.5, 0.6) is 0 Å². The van der Waals surface area contributed by atoms with Crippen LogP contribution >= 0.6 is 0 Å². The molecule has 0 amide bonds. The molecule has 0 aliphatic carbocycles. The van der Waals surface area contributed by atoms with Gasteiger partial charge in [-0.05, 0) is 24.5 Å². The number of hydrogen-bond acceptors (Lipinski definition) is 1. The van der Waals surface area contributed by atoms with E-state index < -0.39 is 0 Å². The topological polar surface area (TPSA) is 12.0 Å². The predicted octanol–water partition coefficient (Wildman–Crippen LogP) is 2.60. The molecule has 1 unspecified atom stereocenters. The predicted molar refractivity (Wildman–Crippen MR) is 52.4 cm³/mol. The van der Waals surface area contributed by atoms with Crippen LogP contribution in [0.1, 0.15) is 12.0 Å². The monoisotopic (exact) mass is 159 g/mol. The molecule has 1 nitrogen and oxygen atoms in total. The number of aryl methyl sites for hydroxylation is 1. The SMILES string of the molecule is C=CC1CCc2ccccc2N1. The first-order valence-corrected chi connectivity index (χ1v) is 4.37. The van der Waals surface area contributed by atoms with Crippen LogP contribution in [0.25, 0.3) is 0 Å². The maximum absolute atomic E-state index is 3.79. The van der Waals surface area contributed by atoms with Gasteiger partial charge in [-0.2, -0.15) is 0 Å². The summed E-state index contributed by atoms with van der Waals surface area (Å²) < 4.78 is 0. The molecule has 62 valence electrons. The summed E-state index contributed by atoms with van der Waals surface area (Å²) in [6.07, 6.45) is 4.32. The molecule has 1 heterocycles. The van der Waals surface area contributed by atoms with Crippen molar-refractivity contribution in [3.8, 4) is 0 Å². The second kappa shape index (κ2) is 3.02. The maximum Gasteiger partial charge on any atom is 0.0445 e. The Balaban J connectivity index is 2.28. The van der Waals surface area contributed by atoms with Gasteiger partial charge in [0.05, 0.1) is 0 Å². The Labute approximate surface area is 73.1 Å². The van der Waals surface area contributed by atoms with Gasteiger partial charge in [-0.25, -0.2) is 0 Å². The van der Waals surface area contributed by atoms with Crippen LogP contribution in [0.15, 0.2) is 36.9 Å². The minimum Gasteiger partial charge on any atom is -0.379 e. The van der Waals surface area contributed by atoms with Crippen molar-refractivity contribution in [1.82, 2.24) is 0 Å². The minimum absolute atomic E-state index is 0.458. The van der Waals surface area contributed by atoms with Gasteiger partial charge < -0.3 is 5.32 Å². The molecule has 1 heteroatoms. The van der Waals surface area contributed by atoms with E-state index in [0.29, 0.717) is 6.04 Å². The van der Waals surface area contributed by atoms with Gasteiger partial charge in [-0.15, -0.1) is 6.58 Å².